The fourth-order valence-corrected chi connectivity index (χ4v) is 5.61. The summed E-state index contributed by atoms with van der Waals surface area (Å²) in [5, 5.41) is 7.22. The van der Waals surface area contributed by atoms with E-state index in [2.05, 4.69) is 24.5 Å². The molecule has 2 aliphatic heterocycles. The first-order chi connectivity index (χ1) is 11.9. The van der Waals surface area contributed by atoms with E-state index in [0.717, 1.165) is 24.1 Å². The van der Waals surface area contributed by atoms with E-state index in [1.807, 2.05) is 18.2 Å². The van der Waals surface area contributed by atoms with Gasteiger partial charge in [0.25, 0.3) is 0 Å². The van der Waals surface area contributed by atoms with Crippen molar-refractivity contribution >= 4 is 15.5 Å². The molecule has 0 radical (unpaired) electrons. The second kappa shape index (κ2) is 6.15. The Bertz CT molecular complexity index is 880. The van der Waals surface area contributed by atoms with Crippen LogP contribution in [0.5, 0.6) is 0 Å². The zero-order valence-corrected chi connectivity index (χ0v) is 15.4. The molecule has 0 bridgehead atoms. The maximum absolute atomic E-state index is 12.9. The summed E-state index contributed by atoms with van der Waals surface area (Å²) in [6.07, 6.45) is 2.06. The minimum atomic E-state index is -3.48. The summed E-state index contributed by atoms with van der Waals surface area (Å²) in [5.41, 5.74) is 2.23. The van der Waals surface area contributed by atoms with E-state index in [4.69, 9.17) is 0 Å². The number of rotatable bonds is 2. The van der Waals surface area contributed by atoms with Gasteiger partial charge in [0.05, 0.1) is 9.79 Å². The average Bonchev–Trinajstić information content (AvgIpc) is 2.84. The molecule has 2 heterocycles. The zero-order valence-electron chi connectivity index (χ0n) is 14.6. The third kappa shape index (κ3) is 2.96. The van der Waals surface area contributed by atoms with Crippen LogP contribution in [0.4, 0.5) is 5.69 Å². The molecule has 2 N–H and O–H groups in total. The Labute approximate surface area is 149 Å². The molecule has 2 aromatic rings. The topological polar surface area (TPSA) is 58.2 Å². The molecule has 25 heavy (non-hydrogen) atoms. The number of hydrogen-bond acceptors (Lipinski definition) is 4. The second-order valence-electron chi connectivity index (χ2n) is 7.36. The minimum Gasteiger partial charge on any atom is -0.381 e. The molecule has 1 saturated heterocycles. The molecule has 0 saturated carbocycles. The zero-order chi connectivity index (χ0) is 17.6. The molecular weight excluding hydrogens is 332 g/mol. The van der Waals surface area contributed by atoms with Crippen molar-refractivity contribution in [3.05, 3.63) is 54.1 Å². The molecular formula is C20H24N2O2S. The summed E-state index contributed by atoms with van der Waals surface area (Å²) in [6.45, 7) is 4.43. The fourth-order valence-electron chi connectivity index (χ4n) is 4.30. The van der Waals surface area contributed by atoms with Gasteiger partial charge in [0.15, 0.2) is 0 Å². The van der Waals surface area contributed by atoms with Gasteiger partial charge in [-0.3, -0.25) is 0 Å². The molecule has 4 atom stereocenters. The SMILES string of the molecule is CC1CC2Nc3ccc(S(=O)(=O)c4ccccc4)cc3[C@H]2CC(C)N1. The Morgan fingerprint density at radius 3 is 2.40 bits per heavy atom. The Kier molecular flexibility index (Phi) is 4.08. The molecule has 4 rings (SSSR count). The highest BCUT2D eigenvalue weighted by Gasteiger charge is 2.37. The van der Waals surface area contributed by atoms with Gasteiger partial charge in [-0.05, 0) is 62.6 Å². The number of sulfone groups is 1. The predicted octanol–water partition coefficient (Wildman–Crippen LogP) is 3.56. The third-order valence-electron chi connectivity index (χ3n) is 5.40. The van der Waals surface area contributed by atoms with Crippen molar-refractivity contribution in [1.29, 1.82) is 0 Å². The van der Waals surface area contributed by atoms with Crippen molar-refractivity contribution in [1.82, 2.24) is 5.32 Å². The van der Waals surface area contributed by atoms with E-state index in [1.165, 1.54) is 0 Å². The molecule has 2 aliphatic rings. The van der Waals surface area contributed by atoms with Crippen molar-refractivity contribution in [2.24, 2.45) is 0 Å². The molecule has 132 valence electrons. The van der Waals surface area contributed by atoms with Crippen LogP contribution in [0.15, 0.2) is 58.3 Å². The van der Waals surface area contributed by atoms with Crippen LogP contribution in [0.25, 0.3) is 0 Å². The Morgan fingerprint density at radius 2 is 1.64 bits per heavy atom. The highest BCUT2D eigenvalue weighted by molar-refractivity contribution is 7.91. The summed E-state index contributed by atoms with van der Waals surface area (Å²) < 4.78 is 25.9. The monoisotopic (exact) mass is 356 g/mol. The maximum Gasteiger partial charge on any atom is 0.206 e. The van der Waals surface area contributed by atoms with Crippen molar-refractivity contribution in [2.45, 2.75) is 60.5 Å². The van der Waals surface area contributed by atoms with Gasteiger partial charge >= 0.3 is 0 Å². The molecule has 2 aromatic carbocycles. The van der Waals surface area contributed by atoms with Gasteiger partial charge in [0, 0.05) is 29.7 Å². The van der Waals surface area contributed by atoms with Gasteiger partial charge in [-0.25, -0.2) is 8.42 Å². The van der Waals surface area contributed by atoms with Crippen molar-refractivity contribution in [2.75, 3.05) is 5.32 Å². The van der Waals surface area contributed by atoms with E-state index in [9.17, 15) is 8.42 Å². The van der Waals surface area contributed by atoms with Crippen LogP contribution in [0.3, 0.4) is 0 Å². The first-order valence-corrected chi connectivity index (χ1v) is 10.4. The summed E-state index contributed by atoms with van der Waals surface area (Å²) in [5.74, 6) is 0.355. The van der Waals surface area contributed by atoms with Gasteiger partial charge in [0.1, 0.15) is 0 Å². The maximum atomic E-state index is 12.9. The number of hydrogen-bond donors (Lipinski definition) is 2. The van der Waals surface area contributed by atoms with E-state index in [1.54, 1.807) is 30.3 Å². The van der Waals surface area contributed by atoms with E-state index < -0.39 is 9.84 Å². The van der Waals surface area contributed by atoms with E-state index in [0.29, 0.717) is 33.8 Å². The Hall–Kier alpha value is -1.85. The molecule has 3 unspecified atom stereocenters. The van der Waals surface area contributed by atoms with Gasteiger partial charge < -0.3 is 10.6 Å². The number of fused-ring (bicyclic) bond motifs is 3. The van der Waals surface area contributed by atoms with E-state index in [-0.39, 0.29) is 0 Å². The largest absolute Gasteiger partial charge is 0.381 e. The van der Waals surface area contributed by atoms with Gasteiger partial charge in [-0.15, -0.1) is 0 Å². The quantitative estimate of drug-likeness (QED) is 0.864. The van der Waals surface area contributed by atoms with Crippen molar-refractivity contribution in [3.8, 4) is 0 Å². The summed E-state index contributed by atoms with van der Waals surface area (Å²) >= 11 is 0. The van der Waals surface area contributed by atoms with Gasteiger partial charge in [0.2, 0.25) is 9.84 Å². The predicted molar refractivity (Wildman–Crippen MR) is 99.8 cm³/mol. The average molecular weight is 356 g/mol. The Morgan fingerprint density at radius 1 is 0.920 bits per heavy atom. The fraction of sp³-hybridized carbons (Fsp3) is 0.400. The normalized spacial score (nSPS) is 28.6. The molecule has 5 heteroatoms. The molecule has 0 aromatic heterocycles. The highest BCUT2D eigenvalue weighted by Crippen LogP contribution is 2.43. The highest BCUT2D eigenvalue weighted by atomic mass is 32.2. The lowest BCUT2D eigenvalue weighted by Crippen LogP contribution is -2.33. The van der Waals surface area contributed by atoms with Crippen LogP contribution in [0, 0.1) is 0 Å². The molecule has 4 nitrogen and oxygen atoms in total. The second-order valence-corrected chi connectivity index (χ2v) is 9.31. The lowest BCUT2D eigenvalue weighted by molar-refractivity contribution is 0.468. The van der Waals surface area contributed by atoms with Gasteiger partial charge in [-0.2, -0.15) is 0 Å². The third-order valence-corrected chi connectivity index (χ3v) is 7.16. The van der Waals surface area contributed by atoms with Crippen molar-refractivity contribution in [3.63, 3.8) is 0 Å². The summed E-state index contributed by atoms with van der Waals surface area (Å²) in [4.78, 5) is 0.736. The van der Waals surface area contributed by atoms with Crippen molar-refractivity contribution < 1.29 is 8.42 Å². The summed E-state index contributed by atoms with van der Waals surface area (Å²) in [6, 6.07) is 15.5. The standard InChI is InChI=1S/C20H24N2O2S/c1-13-10-17-18-12-16(25(23,24)15-6-4-3-5-7-15)8-9-19(18)22-20(17)11-14(2)21-13/h3-9,12-14,17,20-22H,10-11H2,1-2H3/t13?,14?,17-,20?/m1/s1. The van der Waals surface area contributed by atoms with Gasteiger partial charge in [-0.1, -0.05) is 18.2 Å². The first-order valence-electron chi connectivity index (χ1n) is 8.92. The lowest BCUT2D eigenvalue weighted by atomic mass is 9.88. The molecule has 0 spiro atoms. The first kappa shape index (κ1) is 16.6. The smallest absolute Gasteiger partial charge is 0.206 e. The minimum absolute atomic E-state index is 0.349. The summed E-state index contributed by atoms with van der Waals surface area (Å²) in [7, 11) is -3.48. The lowest BCUT2D eigenvalue weighted by Gasteiger charge is -2.18. The van der Waals surface area contributed by atoms with Crippen LogP contribution >= 0.6 is 0 Å². The van der Waals surface area contributed by atoms with Crippen LogP contribution in [-0.4, -0.2) is 26.5 Å². The van der Waals surface area contributed by atoms with Crippen LogP contribution < -0.4 is 10.6 Å². The molecule has 1 fully saturated rings. The van der Waals surface area contributed by atoms with Crippen LogP contribution in [0.1, 0.15) is 38.2 Å². The molecule has 0 aliphatic carbocycles. The van der Waals surface area contributed by atoms with Crippen LogP contribution in [0.2, 0.25) is 0 Å². The number of nitrogens with one attached hydrogen (secondary N) is 2. The number of anilines is 1. The number of benzene rings is 2. The van der Waals surface area contributed by atoms with E-state index >= 15 is 0 Å². The molecule has 0 amide bonds. The van der Waals surface area contributed by atoms with Crippen LogP contribution in [-0.2, 0) is 9.84 Å². The Balaban J connectivity index is 1.74.